The first kappa shape index (κ1) is 18.3. The van der Waals surface area contributed by atoms with Gasteiger partial charge in [0.25, 0.3) is 0 Å². The van der Waals surface area contributed by atoms with E-state index in [1.807, 2.05) is 0 Å². The van der Waals surface area contributed by atoms with E-state index >= 15 is 0 Å². The third-order valence-corrected chi connectivity index (χ3v) is 4.07. The number of rotatable bonds is 13. The molecule has 0 heterocycles. The molecule has 0 aliphatic rings. The van der Waals surface area contributed by atoms with Crippen molar-refractivity contribution in [2.45, 2.75) is 83.8 Å². The summed E-state index contributed by atoms with van der Waals surface area (Å²) in [6, 6.07) is 0. The van der Waals surface area contributed by atoms with Gasteiger partial charge in [0.15, 0.2) is 0 Å². The maximum atomic E-state index is 4.69. The average molecular weight is 274 g/mol. The standard InChI is InChI=1S/C16H35NS/c1-4-7-11-16(18)12-10-15-17(13-8-5-2)14-9-6-3/h16,18H,4-15H2,1-3H3. The Labute approximate surface area is 121 Å². The van der Waals surface area contributed by atoms with Gasteiger partial charge in [0.05, 0.1) is 0 Å². The second-order valence-corrected chi connectivity index (χ2v) is 6.22. The molecule has 0 radical (unpaired) electrons. The van der Waals surface area contributed by atoms with Gasteiger partial charge in [-0.05, 0) is 51.7 Å². The van der Waals surface area contributed by atoms with Gasteiger partial charge in [-0.2, -0.15) is 12.6 Å². The van der Waals surface area contributed by atoms with Gasteiger partial charge in [0.1, 0.15) is 0 Å². The summed E-state index contributed by atoms with van der Waals surface area (Å²) < 4.78 is 0. The zero-order chi connectivity index (χ0) is 13.6. The van der Waals surface area contributed by atoms with E-state index in [4.69, 9.17) is 0 Å². The molecule has 110 valence electrons. The van der Waals surface area contributed by atoms with E-state index in [0.29, 0.717) is 5.25 Å². The van der Waals surface area contributed by atoms with Crippen LogP contribution in [0.3, 0.4) is 0 Å². The van der Waals surface area contributed by atoms with Crippen molar-refractivity contribution in [2.75, 3.05) is 19.6 Å². The van der Waals surface area contributed by atoms with Crippen molar-refractivity contribution in [1.82, 2.24) is 4.90 Å². The normalized spacial score (nSPS) is 13.2. The highest BCUT2D eigenvalue weighted by Gasteiger charge is 2.06. The summed E-state index contributed by atoms with van der Waals surface area (Å²) >= 11 is 4.69. The van der Waals surface area contributed by atoms with Crippen molar-refractivity contribution in [1.29, 1.82) is 0 Å². The van der Waals surface area contributed by atoms with E-state index in [1.54, 1.807) is 0 Å². The lowest BCUT2D eigenvalue weighted by Crippen LogP contribution is -2.27. The molecule has 1 atom stereocenters. The predicted molar refractivity (Wildman–Crippen MR) is 87.8 cm³/mol. The van der Waals surface area contributed by atoms with Crippen LogP contribution in [0, 0.1) is 0 Å². The maximum absolute atomic E-state index is 4.69. The maximum Gasteiger partial charge on any atom is 0.00172 e. The molecule has 2 heteroatoms. The first-order valence-electron chi connectivity index (χ1n) is 8.14. The van der Waals surface area contributed by atoms with Gasteiger partial charge in [-0.3, -0.25) is 0 Å². The fourth-order valence-electron chi connectivity index (χ4n) is 2.23. The molecule has 1 nitrogen and oxygen atoms in total. The molecule has 0 saturated carbocycles. The van der Waals surface area contributed by atoms with Gasteiger partial charge in [0, 0.05) is 5.25 Å². The molecule has 0 aromatic carbocycles. The third kappa shape index (κ3) is 11.4. The Hall–Kier alpha value is 0.310. The zero-order valence-corrected chi connectivity index (χ0v) is 13.9. The smallest absolute Gasteiger partial charge is 0.00172 e. The Bertz CT molecular complexity index is 153. The van der Waals surface area contributed by atoms with E-state index in [9.17, 15) is 0 Å². The van der Waals surface area contributed by atoms with Gasteiger partial charge in [-0.1, -0.05) is 46.5 Å². The van der Waals surface area contributed by atoms with Gasteiger partial charge < -0.3 is 4.90 Å². The van der Waals surface area contributed by atoms with E-state index in [1.165, 1.54) is 77.4 Å². The zero-order valence-electron chi connectivity index (χ0n) is 13.0. The Balaban J connectivity index is 3.65. The summed E-state index contributed by atoms with van der Waals surface area (Å²) in [5.41, 5.74) is 0. The lowest BCUT2D eigenvalue weighted by Gasteiger charge is -2.22. The van der Waals surface area contributed by atoms with Crippen LogP contribution in [0.1, 0.15) is 78.6 Å². The summed E-state index contributed by atoms with van der Waals surface area (Å²) in [4.78, 5) is 2.66. The number of thiol groups is 1. The number of nitrogens with zero attached hydrogens (tertiary/aromatic N) is 1. The topological polar surface area (TPSA) is 3.24 Å². The highest BCUT2D eigenvalue weighted by molar-refractivity contribution is 7.80. The Morgan fingerprint density at radius 1 is 0.722 bits per heavy atom. The highest BCUT2D eigenvalue weighted by atomic mass is 32.1. The van der Waals surface area contributed by atoms with E-state index in [2.05, 4.69) is 38.3 Å². The Morgan fingerprint density at radius 2 is 1.17 bits per heavy atom. The number of hydrogen-bond acceptors (Lipinski definition) is 2. The van der Waals surface area contributed by atoms with Gasteiger partial charge in [-0.15, -0.1) is 0 Å². The van der Waals surface area contributed by atoms with Crippen LogP contribution in [0.2, 0.25) is 0 Å². The second kappa shape index (κ2) is 13.7. The van der Waals surface area contributed by atoms with Crippen molar-refractivity contribution in [3.05, 3.63) is 0 Å². The SMILES string of the molecule is CCCCC(S)CCCN(CCCC)CCCC. The Kier molecular flexibility index (Phi) is 14.0. The summed E-state index contributed by atoms with van der Waals surface area (Å²) in [5.74, 6) is 0. The Morgan fingerprint density at radius 3 is 1.67 bits per heavy atom. The van der Waals surface area contributed by atoms with Crippen LogP contribution < -0.4 is 0 Å². The van der Waals surface area contributed by atoms with Crippen molar-refractivity contribution in [3.8, 4) is 0 Å². The van der Waals surface area contributed by atoms with Crippen LogP contribution in [0.15, 0.2) is 0 Å². The van der Waals surface area contributed by atoms with Crippen molar-refractivity contribution >= 4 is 12.6 Å². The predicted octanol–water partition coefficient (Wildman–Crippen LogP) is 5.16. The second-order valence-electron chi connectivity index (χ2n) is 5.49. The first-order valence-corrected chi connectivity index (χ1v) is 8.66. The van der Waals surface area contributed by atoms with E-state index < -0.39 is 0 Å². The molecular weight excluding hydrogens is 238 g/mol. The molecule has 0 spiro atoms. The molecule has 0 saturated heterocycles. The highest BCUT2D eigenvalue weighted by Crippen LogP contribution is 2.13. The van der Waals surface area contributed by atoms with Gasteiger partial charge in [0.2, 0.25) is 0 Å². The quantitative estimate of drug-likeness (QED) is 0.454. The lowest BCUT2D eigenvalue weighted by atomic mass is 10.1. The molecular formula is C16H35NS. The molecule has 0 bridgehead atoms. The van der Waals surface area contributed by atoms with Crippen molar-refractivity contribution in [3.63, 3.8) is 0 Å². The minimum Gasteiger partial charge on any atom is -0.303 e. The van der Waals surface area contributed by atoms with Crippen molar-refractivity contribution < 1.29 is 0 Å². The average Bonchev–Trinajstić information content (AvgIpc) is 2.38. The molecule has 18 heavy (non-hydrogen) atoms. The monoisotopic (exact) mass is 273 g/mol. The summed E-state index contributed by atoms with van der Waals surface area (Å²) in [6.45, 7) is 10.7. The number of hydrogen-bond donors (Lipinski definition) is 1. The number of unbranched alkanes of at least 4 members (excludes halogenated alkanes) is 3. The lowest BCUT2D eigenvalue weighted by molar-refractivity contribution is 0.259. The summed E-state index contributed by atoms with van der Waals surface area (Å²) in [5, 5.41) is 0.629. The molecule has 0 amide bonds. The summed E-state index contributed by atoms with van der Waals surface area (Å²) in [7, 11) is 0. The van der Waals surface area contributed by atoms with Gasteiger partial charge in [-0.25, -0.2) is 0 Å². The van der Waals surface area contributed by atoms with Crippen LogP contribution in [-0.2, 0) is 0 Å². The third-order valence-electron chi connectivity index (χ3n) is 3.56. The molecule has 0 fully saturated rings. The minimum atomic E-state index is 0.629. The van der Waals surface area contributed by atoms with Crippen LogP contribution in [0.4, 0.5) is 0 Å². The fraction of sp³-hybridized carbons (Fsp3) is 1.00. The fourth-order valence-corrected chi connectivity index (χ4v) is 2.60. The summed E-state index contributed by atoms with van der Waals surface area (Å²) in [6.07, 6.45) is 11.9. The molecule has 0 rings (SSSR count). The molecule has 0 N–H and O–H groups in total. The van der Waals surface area contributed by atoms with Crippen molar-refractivity contribution in [2.24, 2.45) is 0 Å². The van der Waals surface area contributed by atoms with Gasteiger partial charge >= 0.3 is 0 Å². The van der Waals surface area contributed by atoms with E-state index in [0.717, 1.165) is 0 Å². The molecule has 0 aromatic heterocycles. The van der Waals surface area contributed by atoms with Crippen LogP contribution in [0.25, 0.3) is 0 Å². The molecule has 0 aliphatic carbocycles. The van der Waals surface area contributed by atoms with E-state index in [-0.39, 0.29) is 0 Å². The van der Waals surface area contributed by atoms with Crippen LogP contribution >= 0.6 is 12.6 Å². The molecule has 0 aromatic rings. The first-order chi connectivity index (χ1) is 8.74. The van der Waals surface area contributed by atoms with Crippen LogP contribution in [-0.4, -0.2) is 29.8 Å². The van der Waals surface area contributed by atoms with Crippen LogP contribution in [0.5, 0.6) is 0 Å². The minimum absolute atomic E-state index is 0.629. The molecule has 0 aliphatic heterocycles. The largest absolute Gasteiger partial charge is 0.303 e. The molecule has 1 unspecified atom stereocenters.